The van der Waals surface area contributed by atoms with E-state index in [2.05, 4.69) is 20.2 Å². The number of piperidine rings is 1. The maximum atomic E-state index is 13.7. The van der Waals surface area contributed by atoms with Gasteiger partial charge in [-0.2, -0.15) is 0 Å². The monoisotopic (exact) mass is 536 g/mol. The first-order chi connectivity index (χ1) is 17.6. The van der Waals surface area contributed by atoms with Crippen LogP contribution in [0.3, 0.4) is 0 Å². The van der Waals surface area contributed by atoms with Crippen molar-refractivity contribution in [1.82, 2.24) is 15.3 Å². The predicted octanol–water partition coefficient (Wildman–Crippen LogP) is 5.40. The zero-order valence-corrected chi connectivity index (χ0v) is 23.8. The van der Waals surface area contributed by atoms with Gasteiger partial charge in [-0.15, -0.1) is 0 Å². The number of ether oxygens (including phenoxy) is 2. The van der Waals surface area contributed by atoms with E-state index in [0.29, 0.717) is 12.3 Å². The standard InChI is InChI=1S/C26H41N4O6P/c1-7-34-37(32,35-8-2)20(17-27-25(31)36-26(3,4)5)16-19-12-14-30(15-13-19)24-21-10-9-11-22(33-6)23(21)28-18-29-24/h9-11,18-20H,7-8,12-17H2,1-6H3,(H,27,31). The van der Waals surface area contributed by atoms with Gasteiger partial charge in [-0.25, -0.2) is 14.8 Å². The number of rotatable bonds is 11. The molecule has 1 aliphatic rings. The fourth-order valence-electron chi connectivity index (χ4n) is 4.68. The summed E-state index contributed by atoms with van der Waals surface area (Å²) in [7, 11) is -1.80. The Kier molecular flexibility index (Phi) is 10.2. The fourth-order valence-corrected chi connectivity index (χ4v) is 6.76. The molecule has 1 aromatic carbocycles. The molecular formula is C26H41N4O6P. The van der Waals surface area contributed by atoms with E-state index < -0.39 is 24.9 Å². The smallest absolute Gasteiger partial charge is 0.407 e. The number of hydrogen-bond acceptors (Lipinski definition) is 9. The van der Waals surface area contributed by atoms with Crippen LogP contribution in [0.25, 0.3) is 10.9 Å². The van der Waals surface area contributed by atoms with E-state index in [4.69, 9.17) is 18.5 Å². The van der Waals surface area contributed by atoms with Crippen LogP contribution in [-0.4, -0.2) is 67.3 Å². The Labute approximate surface area is 220 Å². The molecule has 1 amide bonds. The van der Waals surface area contributed by atoms with Gasteiger partial charge in [-0.1, -0.05) is 6.07 Å². The van der Waals surface area contributed by atoms with E-state index in [1.54, 1.807) is 48.1 Å². The third-order valence-corrected chi connectivity index (χ3v) is 8.82. The molecule has 1 N–H and O–H groups in total. The highest BCUT2D eigenvalue weighted by Crippen LogP contribution is 2.55. The topological polar surface area (TPSA) is 112 Å². The molecule has 0 saturated carbocycles. The van der Waals surface area contributed by atoms with Gasteiger partial charge in [0.05, 0.1) is 26.0 Å². The molecule has 37 heavy (non-hydrogen) atoms. The minimum atomic E-state index is -3.44. The Balaban J connectivity index is 1.71. The summed E-state index contributed by atoms with van der Waals surface area (Å²) in [5, 5.41) is 3.74. The molecule has 2 aromatic rings. The molecule has 0 bridgehead atoms. The zero-order valence-electron chi connectivity index (χ0n) is 22.9. The molecule has 0 spiro atoms. The average molecular weight is 537 g/mol. The van der Waals surface area contributed by atoms with Crippen molar-refractivity contribution in [3.8, 4) is 5.75 Å². The molecule has 1 atom stereocenters. The van der Waals surface area contributed by atoms with Crippen LogP contribution >= 0.6 is 7.60 Å². The van der Waals surface area contributed by atoms with Crippen molar-refractivity contribution in [2.45, 2.75) is 65.1 Å². The normalized spacial score (nSPS) is 16.0. The Bertz CT molecular complexity index is 1070. The summed E-state index contributed by atoms with van der Waals surface area (Å²) in [6, 6.07) is 5.85. The highest BCUT2D eigenvalue weighted by molar-refractivity contribution is 7.54. The second-order valence-electron chi connectivity index (χ2n) is 10.1. The molecule has 1 saturated heterocycles. The number of carbonyl (C=O) groups is 1. The summed E-state index contributed by atoms with van der Waals surface area (Å²) in [6.45, 7) is 11.3. The average Bonchev–Trinajstić information content (AvgIpc) is 2.85. The highest BCUT2D eigenvalue weighted by atomic mass is 31.2. The van der Waals surface area contributed by atoms with Crippen molar-refractivity contribution in [1.29, 1.82) is 0 Å². The Morgan fingerprint density at radius 3 is 2.43 bits per heavy atom. The molecule has 1 fully saturated rings. The lowest BCUT2D eigenvalue weighted by atomic mass is 9.92. The van der Waals surface area contributed by atoms with Gasteiger partial charge in [-0.3, -0.25) is 4.57 Å². The number of nitrogens with one attached hydrogen (secondary N) is 1. The van der Waals surface area contributed by atoms with Crippen molar-refractivity contribution in [3.63, 3.8) is 0 Å². The lowest BCUT2D eigenvalue weighted by Gasteiger charge is -2.36. The maximum Gasteiger partial charge on any atom is 0.407 e. The minimum absolute atomic E-state index is 0.156. The van der Waals surface area contributed by atoms with E-state index in [9.17, 15) is 9.36 Å². The van der Waals surface area contributed by atoms with Gasteiger partial charge in [0.25, 0.3) is 0 Å². The van der Waals surface area contributed by atoms with Crippen molar-refractivity contribution >= 4 is 30.4 Å². The predicted molar refractivity (Wildman–Crippen MR) is 145 cm³/mol. The molecule has 1 aromatic heterocycles. The van der Waals surface area contributed by atoms with Crippen LogP contribution in [0.1, 0.15) is 53.9 Å². The summed E-state index contributed by atoms with van der Waals surface area (Å²) in [6.07, 6.45) is 3.41. The third kappa shape index (κ3) is 7.79. The first kappa shape index (κ1) is 29.1. The Morgan fingerprint density at radius 1 is 1.16 bits per heavy atom. The van der Waals surface area contributed by atoms with Gasteiger partial charge in [-0.05, 0) is 71.9 Å². The summed E-state index contributed by atoms with van der Waals surface area (Å²) in [4.78, 5) is 23.6. The molecule has 10 nitrogen and oxygen atoms in total. The van der Waals surface area contributed by atoms with Crippen molar-refractivity contribution in [2.24, 2.45) is 5.92 Å². The summed E-state index contributed by atoms with van der Waals surface area (Å²) >= 11 is 0. The largest absolute Gasteiger partial charge is 0.494 e. The number of amides is 1. The minimum Gasteiger partial charge on any atom is -0.494 e. The number of methoxy groups -OCH3 is 1. The first-order valence-corrected chi connectivity index (χ1v) is 14.6. The maximum absolute atomic E-state index is 13.7. The molecule has 206 valence electrons. The van der Waals surface area contributed by atoms with Crippen LogP contribution in [0.2, 0.25) is 0 Å². The number of benzene rings is 1. The number of aromatic nitrogens is 2. The molecule has 2 heterocycles. The van der Waals surface area contributed by atoms with Crippen LogP contribution in [0.15, 0.2) is 24.5 Å². The number of carbonyl (C=O) groups excluding carboxylic acids is 1. The SMILES string of the molecule is CCOP(=O)(OCC)C(CNC(=O)OC(C)(C)C)CC1CCN(c2ncnc3c(OC)cccc23)CC1. The Hall–Kier alpha value is -2.42. The van der Waals surface area contributed by atoms with Crippen LogP contribution in [0.4, 0.5) is 10.6 Å². The lowest BCUT2D eigenvalue weighted by molar-refractivity contribution is 0.0525. The lowest BCUT2D eigenvalue weighted by Crippen LogP contribution is -2.40. The molecule has 0 radical (unpaired) electrons. The number of alkyl carbamates (subject to hydrolysis) is 1. The Morgan fingerprint density at radius 2 is 1.84 bits per heavy atom. The van der Waals surface area contributed by atoms with E-state index in [1.807, 2.05) is 18.2 Å². The van der Waals surface area contributed by atoms with Crippen molar-refractivity contribution in [2.75, 3.05) is 44.9 Å². The highest BCUT2D eigenvalue weighted by Gasteiger charge is 2.38. The number of para-hydroxylation sites is 1. The van der Waals surface area contributed by atoms with Crippen molar-refractivity contribution in [3.05, 3.63) is 24.5 Å². The number of hydrogen-bond donors (Lipinski definition) is 1. The van der Waals surface area contributed by atoms with Crippen LogP contribution < -0.4 is 15.0 Å². The number of nitrogens with zero attached hydrogens (tertiary/aromatic N) is 3. The number of anilines is 1. The molecule has 1 aliphatic heterocycles. The van der Waals surface area contributed by atoms with Gasteiger partial charge in [0, 0.05) is 25.0 Å². The quantitative estimate of drug-likeness (QED) is 0.377. The van der Waals surface area contributed by atoms with Gasteiger partial charge in [0.2, 0.25) is 0 Å². The molecule has 0 aliphatic carbocycles. The van der Waals surface area contributed by atoms with E-state index >= 15 is 0 Å². The van der Waals surface area contributed by atoms with E-state index in [0.717, 1.165) is 48.4 Å². The first-order valence-electron chi connectivity index (χ1n) is 13.0. The van der Waals surface area contributed by atoms with E-state index in [1.165, 1.54) is 0 Å². The van der Waals surface area contributed by atoms with E-state index in [-0.39, 0.29) is 19.8 Å². The summed E-state index contributed by atoms with van der Waals surface area (Å²) in [5.74, 6) is 1.90. The summed E-state index contributed by atoms with van der Waals surface area (Å²) in [5.41, 5.74) is -0.300. The molecular weight excluding hydrogens is 495 g/mol. The molecule has 3 rings (SSSR count). The molecule has 1 unspecified atom stereocenters. The van der Waals surface area contributed by atoms with Crippen LogP contribution in [-0.2, 0) is 18.3 Å². The number of fused-ring (bicyclic) bond motifs is 1. The molecule has 11 heteroatoms. The second kappa shape index (κ2) is 12.9. The van der Waals surface area contributed by atoms with Gasteiger partial charge in [0.1, 0.15) is 29.0 Å². The van der Waals surface area contributed by atoms with Crippen LogP contribution in [0, 0.1) is 5.92 Å². The van der Waals surface area contributed by atoms with Gasteiger partial charge < -0.3 is 28.7 Å². The summed E-state index contributed by atoms with van der Waals surface area (Å²) < 4.78 is 35.9. The van der Waals surface area contributed by atoms with Crippen LogP contribution in [0.5, 0.6) is 5.75 Å². The zero-order chi connectivity index (χ0) is 27.1. The van der Waals surface area contributed by atoms with Gasteiger partial charge >= 0.3 is 13.7 Å². The van der Waals surface area contributed by atoms with Crippen molar-refractivity contribution < 1.29 is 27.9 Å². The fraction of sp³-hybridized carbons (Fsp3) is 0.654. The van der Waals surface area contributed by atoms with Gasteiger partial charge in [0.15, 0.2) is 0 Å². The second-order valence-corrected chi connectivity index (χ2v) is 12.5. The third-order valence-electron chi connectivity index (χ3n) is 6.29.